The van der Waals surface area contributed by atoms with Crippen LogP contribution in [0.1, 0.15) is 21.7 Å². The fourth-order valence-electron chi connectivity index (χ4n) is 0.862. The molecule has 9 nitrogen and oxygen atoms in total. The molecule has 0 rings (SSSR count). The molecule has 13 heteroatoms. The summed E-state index contributed by atoms with van der Waals surface area (Å²) >= 11 is -4.04. The molecule has 1 N–H and O–H groups in total. The van der Waals surface area contributed by atoms with Gasteiger partial charge in [-0.2, -0.15) is 8.42 Å². The van der Waals surface area contributed by atoms with Crippen LogP contribution < -0.4 is 29.6 Å². The first-order valence-corrected chi connectivity index (χ1v) is 9.27. The van der Waals surface area contributed by atoms with Gasteiger partial charge in [0.25, 0.3) is 10.1 Å². The summed E-state index contributed by atoms with van der Waals surface area (Å²) in [4.78, 5) is 22.7. The monoisotopic (exact) mass is 374 g/mol. The molecule has 0 fully saturated rings. The van der Waals surface area contributed by atoms with Gasteiger partial charge in [0.05, 0.1) is 17.9 Å². The number of carbonyl (C=O) groups excluding carboxylic acids is 2. The van der Waals surface area contributed by atoms with E-state index in [-0.39, 0.29) is 42.5 Å². The molecular formula is C8H15NaO9S3. The Kier molecular flexibility index (Phi) is 12.0. The van der Waals surface area contributed by atoms with Crippen molar-refractivity contribution in [1.82, 2.24) is 0 Å². The van der Waals surface area contributed by atoms with Gasteiger partial charge in [-0.15, -0.1) is 0 Å². The molecule has 0 aromatic rings. The molecule has 3 atom stereocenters. The molecule has 3 unspecified atom stereocenters. The van der Waals surface area contributed by atoms with Crippen LogP contribution in [0, 0.1) is 0 Å². The number of rotatable bonds is 8. The molecule has 0 bridgehead atoms. The molecule has 21 heavy (non-hydrogen) atoms. The molecular weight excluding hydrogens is 359 g/mol. The van der Waals surface area contributed by atoms with Gasteiger partial charge in [-0.3, -0.25) is 9.35 Å². The summed E-state index contributed by atoms with van der Waals surface area (Å²) in [5.74, 6) is -2.93. The molecule has 0 radical (unpaired) electrons. The Labute approximate surface area is 151 Å². The van der Waals surface area contributed by atoms with E-state index in [1.807, 2.05) is 0 Å². The van der Waals surface area contributed by atoms with E-state index >= 15 is 0 Å². The van der Waals surface area contributed by atoms with E-state index < -0.39 is 55.9 Å². The summed E-state index contributed by atoms with van der Waals surface area (Å²) < 4.78 is 61.3. The van der Waals surface area contributed by atoms with Crippen LogP contribution in [0.2, 0.25) is 0 Å². The van der Waals surface area contributed by atoms with Gasteiger partial charge in [0.1, 0.15) is 0 Å². The first-order valence-electron chi connectivity index (χ1n) is 5.28. The fraction of sp³-hybridized carbons (Fsp3) is 0.750. The van der Waals surface area contributed by atoms with Gasteiger partial charge >= 0.3 is 41.5 Å². The van der Waals surface area contributed by atoms with Crippen LogP contribution >= 0.6 is 0 Å². The zero-order valence-electron chi connectivity index (χ0n) is 12.6. The summed E-state index contributed by atoms with van der Waals surface area (Å²) in [7, 11) is -4.96. The van der Waals surface area contributed by atoms with Crippen LogP contribution in [-0.4, -0.2) is 50.1 Å². The van der Waals surface area contributed by atoms with Gasteiger partial charge in [0, 0.05) is 0 Å². The maximum Gasteiger partial charge on any atom is 1.00 e. The average Bonchev–Trinajstić information content (AvgIpc) is 2.33. The van der Waals surface area contributed by atoms with Crippen molar-refractivity contribution in [2.24, 2.45) is 0 Å². The molecule has 0 aromatic heterocycles. The Morgan fingerprint density at radius 3 is 1.95 bits per heavy atom. The summed E-state index contributed by atoms with van der Waals surface area (Å²) in [6, 6.07) is 0. The van der Waals surface area contributed by atoms with Crippen LogP contribution in [0.4, 0.5) is 0 Å². The van der Waals surface area contributed by atoms with Gasteiger partial charge in [0.15, 0.2) is 5.25 Å². The van der Waals surface area contributed by atoms with E-state index in [1.54, 1.807) is 0 Å². The third-order valence-corrected chi connectivity index (χ3v) is 4.55. The van der Waals surface area contributed by atoms with Crippen molar-refractivity contribution in [1.29, 1.82) is 0 Å². The molecule has 0 amide bonds. The largest absolute Gasteiger partial charge is 1.00 e. The third kappa shape index (κ3) is 9.71. The second kappa shape index (κ2) is 10.8. The average molecular weight is 374 g/mol. The van der Waals surface area contributed by atoms with Crippen molar-refractivity contribution in [3.8, 4) is 0 Å². The van der Waals surface area contributed by atoms with Crippen LogP contribution in [0.25, 0.3) is 0 Å². The quantitative estimate of drug-likeness (QED) is 0.334. The predicted octanol–water partition coefficient (Wildman–Crippen LogP) is -3.80. The standard InChI is InChI=1S/C8H14O9S3.Na.H/c1-3-18(11)16-7(9)5-6(20(13,14)15)8(10)17-19(12)4-2;;/h6H,3-5H2,1-2H3,(H,13,14,15);;/q;+1;-1. The van der Waals surface area contributed by atoms with Crippen LogP contribution in [0.5, 0.6) is 0 Å². The Morgan fingerprint density at radius 1 is 1.14 bits per heavy atom. The smallest absolute Gasteiger partial charge is 1.00 e. The van der Waals surface area contributed by atoms with E-state index in [0.29, 0.717) is 0 Å². The number of hydrogen-bond donors (Lipinski definition) is 1. The SMILES string of the molecule is CCS(=O)OC(=O)CC(C(=O)OS(=O)CC)S(=O)(=O)O.[H-].[Na+]. The second-order valence-corrected chi connectivity index (χ2v) is 7.55. The van der Waals surface area contributed by atoms with E-state index in [2.05, 4.69) is 8.37 Å². The van der Waals surface area contributed by atoms with Crippen molar-refractivity contribution in [3.05, 3.63) is 0 Å². The minimum atomic E-state index is -4.96. The molecule has 0 aromatic carbocycles. The molecule has 0 heterocycles. The molecule has 0 saturated heterocycles. The van der Waals surface area contributed by atoms with Gasteiger partial charge in [-0.05, 0) is 0 Å². The maximum atomic E-state index is 11.4. The van der Waals surface area contributed by atoms with Crippen molar-refractivity contribution >= 4 is 44.2 Å². The molecule has 0 saturated carbocycles. The Morgan fingerprint density at radius 2 is 1.57 bits per heavy atom. The summed E-state index contributed by atoms with van der Waals surface area (Å²) in [6.45, 7) is 2.85. The normalized spacial score (nSPS) is 15.2. The van der Waals surface area contributed by atoms with Gasteiger partial charge in [-0.25, -0.2) is 13.2 Å². The second-order valence-electron chi connectivity index (χ2n) is 3.25. The molecule has 0 aliphatic carbocycles. The van der Waals surface area contributed by atoms with Crippen molar-refractivity contribution in [3.63, 3.8) is 0 Å². The van der Waals surface area contributed by atoms with Crippen molar-refractivity contribution in [2.75, 3.05) is 11.5 Å². The first-order chi connectivity index (χ1) is 9.11. The summed E-state index contributed by atoms with van der Waals surface area (Å²) in [5.41, 5.74) is 0. The van der Waals surface area contributed by atoms with Crippen molar-refractivity contribution in [2.45, 2.75) is 25.5 Å². The van der Waals surface area contributed by atoms with E-state index in [4.69, 9.17) is 4.55 Å². The fourth-order valence-corrected chi connectivity index (χ4v) is 2.37. The minimum Gasteiger partial charge on any atom is -1.00 e. The topological polar surface area (TPSA) is 141 Å². The minimum absolute atomic E-state index is 0. The zero-order valence-corrected chi connectivity index (χ0v) is 16.1. The van der Waals surface area contributed by atoms with E-state index in [1.165, 1.54) is 13.8 Å². The van der Waals surface area contributed by atoms with Gasteiger partial charge in [0.2, 0.25) is 22.2 Å². The third-order valence-electron chi connectivity index (χ3n) is 1.81. The van der Waals surface area contributed by atoms with Crippen LogP contribution in [-0.2, 0) is 50.2 Å². The van der Waals surface area contributed by atoms with Gasteiger partial charge in [-0.1, -0.05) is 13.8 Å². The Balaban J connectivity index is -0.00000180. The predicted molar refractivity (Wildman–Crippen MR) is 70.6 cm³/mol. The molecule has 120 valence electrons. The van der Waals surface area contributed by atoms with E-state index in [0.717, 1.165) is 0 Å². The first kappa shape index (κ1) is 23.4. The molecule has 0 aliphatic heterocycles. The Hall–Kier alpha value is 0.150. The maximum absolute atomic E-state index is 11.4. The summed E-state index contributed by atoms with van der Waals surface area (Å²) in [6.07, 6.45) is -1.09. The van der Waals surface area contributed by atoms with Crippen LogP contribution in [0.15, 0.2) is 0 Å². The Bertz CT molecular complexity index is 521. The van der Waals surface area contributed by atoms with Gasteiger partial charge < -0.3 is 9.79 Å². The number of hydrogen-bond acceptors (Lipinski definition) is 8. The van der Waals surface area contributed by atoms with Crippen LogP contribution in [0.3, 0.4) is 0 Å². The van der Waals surface area contributed by atoms with Crippen molar-refractivity contribution < 1.29 is 70.3 Å². The summed E-state index contributed by atoms with van der Waals surface area (Å²) in [5, 5.41) is -2.28. The zero-order chi connectivity index (χ0) is 15.9. The molecule has 0 spiro atoms. The van der Waals surface area contributed by atoms with E-state index in [9.17, 15) is 26.4 Å². The number of carbonyl (C=O) groups is 2. The molecule has 0 aliphatic rings.